The smallest absolute Gasteiger partial charge is 0.410 e. The number of carbonyl (C=O) groups excluding carboxylic acids is 1. The van der Waals surface area contributed by atoms with Gasteiger partial charge in [-0.1, -0.05) is 24.3 Å². The second-order valence-corrected chi connectivity index (χ2v) is 13.2. The third-order valence-corrected chi connectivity index (χ3v) is 9.00. The number of hydrogen-bond acceptors (Lipinski definition) is 8. The number of piperazine rings is 1. The third kappa shape index (κ3) is 6.61. The third-order valence-electron chi connectivity index (χ3n) is 9.00. The van der Waals surface area contributed by atoms with Crippen LogP contribution in [-0.2, 0) is 17.7 Å². The standard InChI is InChI=1S/C34H42FN7O3/c1-34(2,3)45-33(43)42-18-17-41(20-24(42)19-36-4)31-27-14-16-40(30-13-7-10-25-26(30)11-6-12-28(25)35)21-29(27)37-32(38-31)44-22-23-9-8-15-39(23)5/h6-7,10-13,23-24H,8-9,14-22H2,1-3,5H3/t23-,24?/m0/s1. The molecule has 2 aromatic carbocycles. The highest BCUT2D eigenvalue weighted by atomic mass is 19.1. The summed E-state index contributed by atoms with van der Waals surface area (Å²) in [6.07, 6.45) is 2.52. The Kier molecular flexibility index (Phi) is 8.69. The van der Waals surface area contributed by atoms with Crippen molar-refractivity contribution in [1.29, 1.82) is 0 Å². The second kappa shape index (κ2) is 12.7. The normalized spacial score (nSPS) is 20.7. The van der Waals surface area contributed by atoms with Crippen molar-refractivity contribution in [3.05, 3.63) is 64.9 Å². The van der Waals surface area contributed by atoms with E-state index in [9.17, 15) is 9.18 Å². The number of benzene rings is 2. The van der Waals surface area contributed by atoms with Crippen LogP contribution in [0.15, 0.2) is 36.4 Å². The van der Waals surface area contributed by atoms with Crippen LogP contribution in [0.3, 0.4) is 0 Å². The average molecular weight is 616 g/mol. The quantitative estimate of drug-likeness (QED) is 0.353. The zero-order valence-corrected chi connectivity index (χ0v) is 26.6. The first kappa shape index (κ1) is 30.8. The first-order valence-corrected chi connectivity index (χ1v) is 15.8. The zero-order valence-electron chi connectivity index (χ0n) is 26.6. The number of ether oxygens (including phenoxy) is 2. The minimum Gasteiger partial charge on any atom is -0.462 e. The van der Waals surface area contributed by atoms with Crippen LogP contribution < -0.4 is 14.5 Å². The molecule has 0 bridgehead atoms. The van der Waals surface area contributed by atoms with Gasteiger partial charge in [-0.2, -0.15) is 9.97 Å². The maximum atomic E-state index is 14.7. The van der Waals surface area contributed by atoms with Gasteiger partial charge < -0.3 is 29.0 Å². The Balaban J connectivity index is 1.31. The van der Waals surface area contributed by atoms with Gasteiger partial charge in [-0.05, 0) is 65.8 Å². The molecule has 2 fully saturated rings. The number of rotatable bonds is 6. The van der Waals surface area contributed by atoms with Crippen molar-refractivity contribution >= 4 is 28.4 Å². The molecular weight excluding hydrogens is 573 g/mol. The SMILES string of the molecule is [C-]#[N+]CC1CN(c2nc(OC[C@@H]3CCCN3C)nc3c2CCN(c2cccc4c(F)cccc24)C3)CCN1C(=O)OC(C)(C)C. The fourth-order valence-corrected chi connectivity index (χ4v) is 6.68. The number of hydrogen-bond donors (Lipinski definition) is 0. The summed E-state index contributed by atoms with van der Waals surface area (Å²) in [5.74, 6) is 0.570. The maximum Gasteiger partial charge on any atom is 0.410 e. The van der Waals surface area contributed by atoms with Gasteiger partial charge in [0.2, 0.25) is 6.54 Å². The lowest BCUT2D eigenvalue weighted by molar-refractivity contribution is 0.0155. The lowest BCUT2D eigenvalue weighted by Crippen LogP contribution is -2.57. The Morgan fingerprint density at radius 1 is 1.04 bits per heavy atom. The van der Waals surface area contributed by atoms with E-state index in [1.807, 2.05) is 45.0 Å². The number of halogens is 1. The molecule has 10 nitrogen and oxygen atoms in total. The number of amides is 1. The molecule has 45 heavy (non-hydrogen) atoms. The lowest BCUT2D eigenvalue weighted by Gasteiger charge is -2.41. The molecule has 3 aliphatic rings. The van der Waals surface area contributed by atoms with E-state index in [-0.39, 0.29) is 18.4 Å². The van der Waals surface area contributed by atoms with Gasteiger partial charge in [0.15, 0.2) is 0 Å². The molecule has 0 saturated carbocycles. The predicted molar refractivity (Wildman–Crippen MR) is 172 cm³/mol. The molecule has 3 aromatic rings. The summed E-state index contributed by atoms with van der Waals surface area (Å²) >= 11 is 0. The molecule has 2 saturated heterocycles. The number of aromatic nitrogens is 2. The van der Waals surface area contributed by atoms with E-state index < -0.39 is 11.7 Å². The van der Waals surface area contributed by atoms with Crippen LogP contribution in [-0.4, -0.2) is 96.5 Å². The van der Waals surface area contributed by atoms with Gasteiger partial charge in [0, 0.05) is 54.2 Å². The molecule has 2 atom stereocenters. The number of fused-ring (bicyclic) bond motifs is 2. The Bertz CT molecular complexity index is 1600. The number of anilines is 2. The Morgan fingerprint density at radius 3 is 2.60 bits per heavy atom. The first-order chi connectivity index (χ1) is 21.6. The number of nitrogens with zero attached hydrogens (tertiary/aromatic N) is 7. The van der Waals surface area contributed by atoms with Gasteiger partial charge in [0.05, 0.1) is 12.2 Å². The number of carbonyl (C=O) groups is 1. The Morgan fingerprint density at radius 2 is 1.84 bits per heavy atom. The maximum absolute atomic E-state index is 14.7. The topological polar surface area (TPSA) is 78.6 Å². The van der Waals surface area contributed by atoms with Crippen LogP contribution in [0.1, 0.15) is 44.9 Å². The summed E-state index contributed by atoms with van der Waals surface area (Å²) in [6, 6.07) is 11.3. The van der Waals surface area contributed by atoms with Crippen molar-refractivity contribution in [3.8, 4) is 6.01 Å². The van der Waals surface area contributed by atoms with Gasteiger partial charge >= 0.3 is 12.1 Å². The van der Waals surface area contributed by atoms with Crippen molar-refractivity contribution in [1.82, 2.24) is 19.8 Å². The van der Waals surface area contributed by atoms with E-state index in [1.165, 1.54) is 6.07 Å². The van der Waals surface area contributed by atoms with E-state index in [0.717, 1.165) is 54.1 Å². The van der Waals surface area contributed by atoms with Gasteiger partial charge in [-0.25, -0.2) is 15.8 Å². The monoisotopic (exact) mass is 615 g/mol. The number of likely N-dealkylation sites (tertiary alicyclic amines) is 1. The highest BCUT2D eigenvalue weighted by Crippen LogP contribution is 2.35. The number of likely N-dealkylation sites (N-methyl/N-ethyl adjacent to an activating group) is 1. The molecule has 1 amide bonds. The van der Waals surface area contributed by atoms with Crippen LogP contribution in [0, 0.1) is 12.4 Å². The lowest BCUT2D eigenvalue weighted by atomic mass is 10.0. The molecule has 238 valence electrons. The van der Waals surface area contributed by atoms with Crippen LogP contribution in [0.4, 0.5) is 20.7 Å². The molecule has 0 radical (unpaired) electrons. The van der Waals surface area contributed by atoms with E-state index in [4.69, 9.17) is 26.0 Å². The molecule has 0 N–H and O–H groups in total. The van der Waals surface area contributed by atoms with Crippen LogP contribution in [0.25, 0.3) is 15.6 Å². The summed E-state index contributed by atoms with van der Waals surface area (Å²) in [5, 5.41) is 1.47. The van der Waals surface area contributed by atoms with Crippen molar-refractivity contribution in [2.45, 2.75) is 64.3 Å². The van der Waals surface area contributed by atoms with Crippen molar-refractivity contribution in [3.63, 3.8) is 0 Å². The van der Waals surface area contributed by atoms with Crippen molar-refractivity contribution in [2.24, 2.45) is 0 Å². The summed E-state index contributed by atoms with van der Waals surface area (Å²) in [7, 11) is 2.12. The van der Waals surface area contributed by atoms with Crippen molar-refractivity contribution < 1.29 is 18.7 Å². The summed E-state index contributed by atoms with van der Waals surface area (Å²) in [5.41, 5.74) is 2.28. The largest absolute Gasteiger partial charge is 0.462 e. The minimum atomic E-state index is -0.621. The molecule has 6 rings (SSSR count). The predicted octanol–water partition coefficient (Wildman–Crippen LogP) is 5.15. The second-order valence-electron chi connectivity index (χ2n) is 13.2. The summed E-state index contributed by atoms with van der Waals surface area (Å²) in [6.45, 7) is 17.5. The van der Waals surface area contributed by atoms with E-state index >= 15 is 0 Å². The summed E-state index contributed by atoms with van der Waals surface area (Å²) in [4.78, 5) is 35.0. The molecule has 1 unspecified atom stereocenters. The molecule has 0 spiro atoms. The van der Waals surface area contributed by atoms with E-state index in [0.29, 0.717) is 56.6 Å². The average Bonchev–Trinajstić information content (AvgIpc) is 3.43. The molecular formula is C34H42FN7O3. The molecule has 0 aliphatic carbocycles. The van der Waals surface area contributed by atoms with Gasteiger partial charge in [0.1, 0.15) is 29.9 Å². The molecule has 1 aromatic heterocycles. The van der Waals surface area contributed by atoms with Gasteiger partial charge in [0.25, 0.3) is 0 Å². The summed E-state index contributed by atoms with van der Waals surface area (Å²) < 4.78 is 26.6. The first-order valence-electron chi connectivity index (χ1n) is 15.8. The molecule has 3 aliphatic heterocycles. The minimum absolute atomic E-state index is 0.172. The Hall–Kier alpha value is -4.17. The van der Waals surface area contributed by atoms with E-state index in [1.54, 1.807) is 11.0 Å². The Labute approximate surface area is 264 Å². The van der Waals surface area contributed by atoms with Gasteiger partial charge in [-0.15, -0.1) is 0 Å². The van der Waals surface area contributed by atoms with Crippen LogP contribution in [0.5, 0.6) is 6.01 Å². The fraction of sp³-hybridized carbons (Fsp3) is 0.529. The van der Waals surface area contributed by atoms with Crippen molar-refractivity contribution in [2.75, 3.05) is 62.7 Å². The highest BCUT2D eigenvalue weighted by Gasteiger charge is 2.37. The molecule has 4 heterocycles. The fourth-order valence-electron chi connectivity index (χ4n) is 6.68. The molecule has 11 heteroatoms. The zero-order chi connectivity index (χ0) is 31.7. The van der Waals surface area contributed by atoms with Gasteiger partial charge in [-0.3, -0.25) is 4.90 Å². The van der Waals surface area contributed by atoms with Crippen LogP contribution in [0.2, 0.25) is 0 Å². The van der Waals surface area contributed by atoms with Crippen LogP contribution >= 0.6 is 0 Å². The highest BCUT2D eigenvalue weighted by molar-refractivity contribution is 5.94. The van der Waals surface area contributed by atoms with E-state index in [2.05, 4.69) is 26.6 Å².